The summed E-state index contributed by atoms with van der Waals surface area (Å²) in [5.41, 5.74) is 5.24. The van der Waals surface area contributed by atoms with Gasteiger partial charge in [0.1, 0.15) is 17.0 Å². The first-order valence-electron chi connectivity index (χ1n) is 11.2. The number of fused-ring (bicyclic) bond motifs is 1. The summed E-state index contributed by atoms with van der Waals surface area (Å²) >= 11 is 0. The van der Waals surface area contributed by atoms with E-state index in [9.17, 15) is 9.59 Å². The van der Waals surface area contributed by atoms with Crippen LogP contribution in [0.4, 0.5) is 0 Å². The SMILES string of the molecule is Cc1onc(-c2ccccc2)c1-c1nnc(COC(=O)CCC(=O)c2ccc3c(c2)CCC3)o1. The third-order valence-electron chi connectivity index (χ3n) is 5.92. The average molecular weight is 457 g/mol. The van der Waals surface area contributed by atoms with Gasteiger partial charge in [-0.15, -0.1) is 10.2 Å². The van der Waals surface area contributed by atoms with E-state index < -0.39 is 5.97 Å². The zero-order valence-electron chi connectivity index (χ0n) is 18.7. The van der Waals surface area contributed by atoms with E-state index in [1.165, 1.54) is 11.1 Å². The first kappa shape index (κ1) is 21.8. The number of hydrogen-bond donors (Lipinski definition) is 0. The molecular formula is C26H23N3O5. The molecule has 0 atom stereocenters. The zero-order valence-corrected chi connectivity index (χ0v) is 18.7. The highest BCUT2D eigenvalue weighted by atomic mass is 16.5. The Labute approximate surface area is 195 Å². The lowest BCUT2D eigenvalue weighted by molar-refractivity contribution is -0.145. The Morgan fingerprint density at radius 2 is 1.82 bits per heavy atom. The minimum Gasteiger partial charge on any atom is -0.456 e. The second-order valence-corrected chi connectivity index (χ2v) is 8.25. The second-order valence-electron chi connectivity index (χ2n) is 8.25. The van der Waals surface area contributed by atoms with Gasteiger partial charge in [-0.05, 0) is 43.4 Å². The molecule has 2 aromatic carbocycles. The number of carbonyl (C=O) groups is 2. The molecule has 4 aromatic rings. The van der Waals surface area contributed by atoms with Crippen LogP contribution in [0.1, 0.15) is 52.4 Å². The van der Waals surface area contributed by atoms with Crippen molar-refractivity contribution in [2.75, 3.05) is 0 Å². The zero-order chi connectivity index (χ0) is 23.5. The number of rotatable bonds is 8. The Balaban J connectivity index is 1.17. The van der Waals surface area contributed by atoms with E-state index >= 15 is 0 Å². The van der Waals surface area contributed by atoms with Crippen LogP contribution < -0.4 is 0 Å². The Kier molecular flexibility index (Phi) is 6.03. The molecule has 8 nitrogen and oxygen atoms in total. The van der Waals surface area contributed by atoms with Crippen LogP contribution >= 0.6 is 0 Å². The predicted molar refractivity (Wildman–Crippen MR) is 122 cm³/mol. The number of ether oxygens (including phenoxy) is 1. The number of ketones is 1. The van der Waals surface area contributed by atoms with Crippen molar-refractivity contribution in [3.63, 3.8) is 0 Å². The lowest BCUT2D eigenvalue weighted by Gasteiger charge is -2.05. The molecule has 8 heteroatoms. The highest BCUT2D eigenvalue weighted by Crippen LogP contribution is 2.33. The maximum atomic E-state index is 12.5. The largest absolute Gasteiger partial charge is 0.456 e. The van der Waals surface area contributed by atoms with Gasteiger partial charge in [0.25, 0.3) is 11.8 Å². The number of aryl methyl sites for hydroxylation is 3. The Hall–Kier alpha value is -4.07. The molecule has 0 radical (unpaired) electrons. The normalized spacial score (nSPS) is 12.5. The molecular weight excluding hydrogens is 434 g/mol. The summed E-state index contributed by atoms with van der Waals surface area (Å²) in [4.78, 5) is 24.7. The van der Waals surface area contributed by atoms with E-state index in [2.05, 4.69) is 15.4 Å². The average Bonchev–Trinajstić information content (AvgIpc) is 3.60. The topological polar surface area (TPSA) is 108 Å². The van der Waals surface area contributed by atoms with Crippen molar-refractivity contribution in [1.82, 2.24) is 15.4 Å². The first-order valence-corrected chi connectivity index (χ1v) is 11.2. The predicted octanol–water partition coefficient (Wildman–Crippen LogP) is 4.90. The van der Waals surface area contributed by atoms with E-state index in [1.807, 2.05) is 48.5 Å². The lowest BCUT2D eigenvalue weighted by atomic mass is 10.0. The third-order valence-corrected chi connectivity index (χ3v) is 5.92. The van der Waals surface area contributed by atoms with Crippen LogP contribution in [0, 0.1) is 6.92 Å². The Morgan fingerprint density at radius 3 is 2.68 bits per heavy atom. The van der Waals surface area contributed by atoms with E-state index in [0.717, 1.165) is 24.8 Å². The molecule has 0 amide bonds. The van der Waals surface area contributed by atoms with Crippen molar-refractivity contribution in [2.24, 2.45) is 0 Å². The molecule has 172 valence electrons. The van der Waals surface area contributed by atoms with Crippen LogP contribution in [-0.2, 0) is 29.0 Å². The van der Waals surface area contributed by atoms with Gasteiger partial charge in [-0.3, -0.25) is 9.59 Å². The monoisotopic (exact) mass is 457 g/mol. The molecule has 0 saturated carbocycles. The van der Waals surface area contributed by atoms with Crippen molar-refractivity contribution in [3.05, 3.63) is 76.9 Å². The highest BCUT2D eigenvalue weighted by Gasteiger charge is 2.22. The van der Waals surface area contributed by atoms with Gasteiger partial charge in [-0.1, -0.05) is 47.6 Å². The molecule has 34 heavy (non-hydrogen) atoms. The molecule has 2 heterocycles. The maximum absolute atomic E-state index is 12.5. The molecule has 1 aliphatic rings. The van der Waals surface area contributed by atoms with Gasteiger partial charge < -0.3 is 13.7 Å². The van der Waals surface area contributed by atoms with Gasteiger partial charge in [0.05, 0.1) is 6.42 Å². The molecule has 5 rings (SSSR count). The van der Waals surface area contributed by atoms with Crippen molar-refractivity contribution in [1.29, 1.82) is 0 Å². The van der Waals surface area contributed by atoms with Gasteiger partial charge in [0.2, 0.25) is 0 Å². The van der Waals surface area contributed by atoms with Crippen molar-refractivity contribution >= 4 is 11.8 Å². The van der Waals surface area contributed by atoms with Crippen molar-refractivity contribution < 1.29 is 23.3 Å². The van der Waals surface area contributed by atoms with Crippen molar-refractivity contribution in [3.8, 4) is 22.7 Å². The third kappa shape index (κ3) is 4.52. The summed E-state index contributed by atoms with van der Waals surface area (Å²) in [7, 11) is 0. The second kappa shape index (κ2) is 9.43. The molecule has 0 bridgehead atoms. The minimum absolute atomic E-state index is 0.0141. The van der Waals surface area contributed by atoms with Crippen molar-refractivity contribution in [2.45, 2.75) is 45.6 Å². The number of esters is 1. The summed E-state index contributed by atoms with van der Waals surface area (Å²) in [6, 6.07) is 15.3. The van der Waals surface area contributed by atoms with Gasteiger partial charge in [-0.25, -0.2) is 0 Å². The Morgan fingerprint density at radius 1 is 1.00 bits per heavy atom. The summed E-state index contributed by atoms with van der Waals surface area (Å²) in [5.74, 6) is 0.350. The number of Topliss-reactive ketones (excluding diaryl/α,β-unsaturated/α-hetero) is 1. The quantitative estimate of drug-likeness (QED) is 0.272. The molecule has 0 fully saturated rings. The summed E-state index contributed by atoms with van der Waals surface area (Å²) in [6.07, 6.45) is 3.28. The van der Waals surface area contributed by atoms with E-state index in [1.54, 1.807) is 6.92 Å². The fourth-order valence-corrected chi connectivity index (χ4v) is 4.15. The first-order chi connectivity index (χ1) is 16.6. The van der Waals surface area contributed by atoms with Crippen LogP contribution in [0.15, 0.2) is 57.5 Å². The van der Waals surface area contributed by atoms with E-state index in [0.29, 0.717) is 22.6 Å². The smallest absolute Gasteiger partial charge is 0.306 e. The standard InChI is InChI=1S/C26H23N3O5/c1-16-24(25(29-34-16)18-6-3-2-4-7-18)26-28-27-22(33-26)15-32-23(31)13-12-21(30)20-11-10-17-8-5-9-19(17)14-20/h2-4,6-7,10-11,14H,5,8-9,12-13,15H2,1H3. The molecule has 1 aliphatic carbocycles. The Bertz CT molecular complexity index is 1340. The number of aromatic nitrogens is 3. The van der Waals surface area contributed by atoms with Crippen LogP contribution in [0.2, 0.25) is 0 Å². The summed E-state index contributed by atoms with van der Waals surface area (Å²) in [6.45, 7) is 1.58. The number of hydrogen-bond acceptors (Lipinski definition) is 8. The fourth-order valence-electron chi connectivity index (χ4n) is 4.15. The van der Waals surface area contributed by atoms with Crippen LogP contribution in [0.25, 0.3) is 22.7 Å². The number of benzene rings is 2. The van der Waals surface area contributed by atoms with Gasteiger partial charge in [0.15, 0.2) is 12.4 Å². The molecule has 0 N–H and O–H groups in total. The van der Waals surface area contributed by atoms with Gasteiger partial charge in [0, 0.05) is 17.5 Å². The fraction of sp³-hybridized carbons (Fsp3) is 0.269. The molecule has 2 aromatic heterocycles. The summed E-state index contributed by atoms with van der Waals surface area (Å²) < 4.78 is 16.3. The molecule has 0 aliphatic heterocycles. The van der Waals surface area contributed by atoms with Crippen LogP contribution in [0.5, 0.6) is 0 Å². The lowest BCUT2D eigenvalue weighted by Crippen LogP contribution is -2.08. The van der Waals surface area contributed by atoms with Gasteiger partial charge in [-0.2, -0.15) is 0 Å². The minimum atomic E-state index is -0.500. The van der Waals surface area contributed by atoms with Gasteiger partial charge >= 0.3 is 5.97 Å². The summed E-state index contributed by atoms with van der Waals surface area (Å²) in [5, 5.41) is 12.1. The van der Waals surface area contributed by atoms with Crippen LogP contribution in [-0.4, -0.2) is 27.1 Å². The number of nitrogens with zero attached hydrogens (tertiary/aromatic N) is 3. The molecule has 0 saturated heterocycles. The molecule has 0 unspecified atom stereocenters. The van der Waals surface area contributed by atoms with Crippen LogP contribution in [0.3, 0.4) is 0 Å². The highest BCUT2D eigenvalue weighted by molar-refractivity contribution is 5.97. The van der Waals surface area contributed by atoms with E-state index in [-0.39, 0.29) is 37.0 Å². The van der Waals surface area contributed by atoms with E-state index in [4.69, 9.17) is 13.7 Å². The number of carbonyl (C=O) groups excluding carboxylic acids is 2. The molecule has 0 spiro atoms. The maximum Gasteiger partial charge on any atom is 0.306 e.